The van der Waals surface area contributed by atoms with E-state index in [0.29, 0.717) is 9.48 Å². The molecule has 1 rings (SSSR count). The van der Waals surface area contributed by atoms with Crippen LogP contribution in [0.25, 0.3) is 0 Å². The van der Waals surface area contributed by atoms with Gasteiger partial charge in [0, 0.05) is 18.6 Å². The molecule has 1 atom stereocenters. The monoisotopic (exact) mass is 159 g/mol. The second-order valence-corrected chi connectivity index (χ2v) is 3.03. The maximum absolute atomic E-state index is 11.0. The molecule has 0 radical (unpaired) electrons. The average Bonchev–Trinajstić information content (AvgIpc) is 1.95. The molecule has 0 saturated heterocycles. The Hall–Kier alpha value is -1.10. The summed E-state index contributed by atoms with van der Waals surface area (Å²) in [5.74, 6) is 0. The largest absolute Gasteiger partial charge is 0.623 e. The zero-order chi connectivity index (χ0) is 8.65. The molecule has 5 nitrogen and oxygen atoms in total. The quantitative estimate of drug-likeness (QED) is 0.275. The number of hydrogen-bond donors (Lipinski definition) is 2. The van der Waals surface area contributed by atoms with Crippen LogP contribution in [0.2, 0.25) is 0 Å². The molecule has 1 heterocycles. The van der Waals surface area contributed by atoms with Gasteiger partial charge in [0.25, 0.3) is 11.8 Å². The zero-order valence-corrected chi connectivity index (χ0v) is 6.43. The van der Waals surface area contributed by atoms with Crippen molar-refractivity contribution in [2.75, 3.05) is 0 Å². The minimum atomic E-state index is -1.19. The third-order valence-corrected chi connectivity index (χ3v) is 1.81. The van der Waals surface area contributed by atoms with E-state index in [1.54, 1.807) is 0 Å². The van der Waals surface area contributed by atoms with Crippen LogP contribution in [-0.4, -0.2) is 44.0 Å². The minimum Gasteiger partial charge on any atom is -0.623 e. The maximum Gasteiger partial charge on any atom is 0.368 e. The molecule has 0 saturated carbocycles. The van der Waals surface area contributed by atoms with Gasteiger partial charge in [-0.2, -0.15) is 4.74 Å². The highest BCUT2D eigenvalue weighted by atomic mass is 16.5. The molecule has 1 aliphatic rings. The number of rotatable bonds is 0. The van der Waals surface area contributed by atoms with Gasteiger partial charge in [-0.25, -0.2) is 0 Å². The lowest BCUT2D eigenvalue weighted by atomic mass is 10.0. The number of nitrogens with zero attached hydrogens (tertiary/aromatic N) is 2. The SMILES string of the molecule is CC1(C)[C@H](O)[N+](O)=CC=[N+]1[O-]. The van der Waals surface area contributed by atoms with E-state index in [1.165, 1.54) is 13.8 Å². The molecule has 0 fully saturated rings. The molecule has 0 spiro atoms. The maximum atomic E-state index is 11.0. The van der Waals surface area contributed by atoms with E-state index < -0.39 is 11.8 Å². The zero-order valence-electron chi connectivity index (χ0n) is 6.43. The van der Waals surface area contributed by atoms with Crippen molar-refractivity contribution in [1.29, 1.82) is 0 Å². The van der Waals surface area contributed by atoms with Crippen molar-refractivity contribution < 1.29 is 19.8 Å². The van der Waals surface area contributed by atoms with Crippen LogP contribution >= 0.6 is 0 Å². The summed E-state index contributed by atoms with van der Waals surface area (Å²) < 4.78 is 1.21. The smallest absolute Gasteiger partial charge is 0.368 e. The van der Waals surface area contributed by atoms with Gasteiger partial charge in [-0.3, -0.25) is 5.21 Å². The van der Waals surface area contributed by atoms with E-state index in [9.17, 15) is 10.3 Å². The van der Waals surface area contributed by atoms with Gasteiger partial charge in [0.2, 0.25) is 6.21 Å². The van der Waals surface area contributed by atoms with Crippen LogP contribution in [0.15, 0.2) is 0 Å². The van der Waals surface area contributed by atoms with Crippen molar-refractivity contribution in [3.8, 4) is 0 Å². The van der Waals surface area contributed by atoms with E-state index in [-0.39, 0.29) is 0 Å². The first-order valence-corrected chi connectivity index (χ1v) is 3.26. The van der Waals surface area contributed by atoms with E-state index in [2.05, 4.69) is 0 Å². The molecule has 0 aliphatic carbocycles. The van der Waals surface area contributed by atoms with Gasteiger partial charge in [0.05, 0.1) is 0 Å². The lowest BCUT2D eigenvalue weighted by molar-refractivity contribution is -0.850. The second kappa shape index (κ2) is 2.20. The molecule has 0 aromatic heterocycles. The Kier molecular flexibility index (Phi) is 1.60. The van der Waals surface area contributed by atoms with Gasteiger partial charge in [0.1, 0.15) is 0 Å². The van der Waals surface area contributed by atoms with Crippen LogP contribution in [0, 0.1) is 5.21 Å². The van der Waals surface area contributed by atoms with E-state index in [1.807, 2.05) is 0 Å². The Morgan fingerprint density at radius 2 is 2.00 bits per heavy atom. The van der Waals surface area contributed by atoms with Crippen molar-refractivity contribution in [3.05, 3.63) is 5.21 Å². The van der Waals surface area contributed by atoms with Crippen LogP contribution in [0.5, 0.6) is 0 Å². The summed E-state index contributed by atoms with van der Waals surface area (Å²) in [5, 5.41) is 29.2. The van der Waals surface area contributed by atoms with Crippen molar-refractivity contribution in [1.82, 2.24) is 0 Å². The van der Waals surface area contributed by atoms with Crippen LogP contribution in [-0.2, 0) is 0 Å². The van der Waals surface area contributed by atoms with Gasteiger partial charge in [-0.15, -0.1) is 0 Å². The predicted octanol–water partition coefficient (Wildman–Crippen LogP) is -0.849. The number of aliphatic hydroxyl groups excluding tert-OH is 1. The van der Waals surface area contributed by atoms with Gasteiger partial charge in [-0.05, 0) is 0 Å². The molecule has 0 aromatic carbocycles. The molecule has 2 N–H and O–H groups in total. The lowest BCUT2D eigenvalue weighted by Crippen LogP contribution is -2.53. The van der Waals surface area contributed by atoms with Crippen LogP contribution < -0.4 is 0 Å². The molecule has 0 unspecified atom stereocenters. The summed E-state index contributed by atoms with van der Waals surface area (Å²) in [5.41, 5.74) is -1.01. The highest BCUT2D eigenvalue weighted by Crippen LogP contribution is 2.15. The van der Waals surface area contributed by atoms with Crippen molar-refractivity contribution in [2.45, 2.75) is 25.6 Å². The molecule has 0 amide bonds. The summed E-state index contributed by atoms with van der Waals surface area (Å²) in [4.78, 5) is 0. The Morgan fingerprint density at radius 1 is 1.45 bits per heavy atom. The summed E-state index contributed by atoms with van der Waals surface area (Å²) in [6.07, 6.45) is 1.08. The van der Waals surface area contributed by atoms with E-state index in [4.69, 9.17) is 5.21 Å². The fraction of sp³-hybridized carbons (Fsp3) is 0.667. The molecule has 5 heteroatoms. The topological polar surface area (TPSA) is 69.5 Å². The highest BCUT2D eigenvalue weighted by Gasteiger charge is 2.47. The second-order valence-electron chi connectivity index (χ2n) is 3.03. The summed E-state index contributed by atoms with van der Waals surface area (Å²) in [7, 11) is 0. The molecular formula is C6H11N2O3+. The first-order valence-electron chi connectivity index (χ1n) is 3.26. The molecule has 0 bridgehead atoms. The Balaban J connectivity index is 3.03. The Labute approximate surface area is 64.1 Å². The molecular weight excluding hydrogens is 148 g/mol. The van der Waals surface area contributed by atoms with E-state index >= 15 is 0 Å². The third kappa shape index (κ3) is 1.07. The first-order chi connectivity index (χ1) is 4.96. The van der Waals surface area contributed by atoms with Gasteiger partial charge < -0.3 is 10.3 Å². The van der Waals surface area contributed by atoms with Crippen LogP contribution in [0.3, 0.4) is 0 Å². The lowest BCUT2D eigenvalue weighted by Gasteiger charge is -2.24. The van der Waals surface area contributed by atoms with Gasteiger partial charge >= 0.3 is 6.23 Å². The van der Waals surface area contributed by atoms with Gasteiger partial charge in [-0.1, -0.05) is 0 Å². The Morgan fingerprint density at radius 3 is 2.45 bits per heavy atom. The summed E-state index contributed by atoms with van der Waals surface area (Å²) in [6, 6.07) is 0. The summed E-state index contributed by atoms with van der Waals surface area (Å²) >= 11 is 0. The number of aliphatic hydroxyl groups is 1. The standard InChI is InChI=1S/C6H11N2O3/c1-6(2)5(9)7(10)3-4-8(6)11/h3-5,9-10H,1-2H3/q+1/t5-/m0/s1. The van der Waals surface area contributed by atoms with Crippen LogP contribution in [0.1, 0.15) is 13.8 Å². The first kappa shape index (κ1) is 8.00. The fourth-order valence-electron chi connectivity index (χ4n) is 0.840. The summed E-state index contributed by atoms with van der Waals surface area (Å²) in [6.45, 7) is 3.08. The van der Waals surface area contributed by atoms with Crippen molar-refractivity contribution in [3.63, 3.8) is 0 Å². The highest BCUT2D eigenvalue weighted by molar-refractivity contribution is 6.11. The van der Waals surface area contributed by atoms with Gasteiger partial charge in [0.15, 0.2) is 0 Å². The normalized spacial score (nSPS) is 29.2. The van der Waals surface area contributed by atoms with Crippen molar-refractivity contribution >= 4 is 12.4 Å². The number of hydrogen-bond acceptors (Lipinski definition) is 3. The molecule has 0 aromatic rings. The predicted molar refractivity (Wildman–Crippen MR) is 37.9 cm³/mol. The van der Waals surface area contributed by atoms with Crippen LogP contribution in [0.4, 0.5) is 0 Å². The van der Waals surface area contributed by atoms with E-state index in [0.717, 1.165) is 12.4 Å². The average molecular weight is 159 g/mol. The van der Waals surface area contributed by atoms with Crippen molar-refractivity contribution in [2.24, 2.45) is 0 Å². The molecule has 11 heavy (non-hydrogen) atoms. The molecule has 62 valence electrons. The third-order valence-electron chi connectivity index (χ3n) is 1.81. The molecule has 1 aliphatic heterocycles. The number of hydroxylamine groups is 2. The Bertz CT molecular complexity index is 232. The fourth-order valence-corrected chi connectivity index (χ4v) is 0.840. The minimum absolute atomic E-state index is 0.602.